The van der Waals surface area contributed by atoms with Crippen LogP contribution in [0.25, 0.3) is 0 Å². The quantitative estimate of drug-likeness (QED) is 0.850. The molecule has 1 aromatic rings. The Morgan fingerprint density at radius 2 is 1.75 bits per heavy atom. The maximum atomic E-state index is 5.49. The summed E-state index contributed by atoms with van der Waals surface area (Å²) in [6.07, 6.45) is 0. The molecule has 0 saturated heterocycles. The van der Waals surface area contributed by atoms with Crippen LogP contribution in [-0.2, 0) is 5.54 Å². The van der Waals surface area contributed by atoms with Crippen molar-refractivity contribution in [2.75, 3.05) is 21.3 Å². The summed E-state index contributed by atoms with van der Waals surface area (Å²) >= 11 is 0. The molecule has 3 heteroatoms. The Morgan fingerprint density at radius 1 is 1.12 bits per heavy atom. The van der Waals surface area contributed by atoms with Gasteiger partial charge in [0, 0.05) is 16.7 Å². The second-order valence-electron chi connectivity index (χ2n) is 4.35. The molecule has 0 spiro atoms. The van der Waals surface area contributed by atoms with Crippen molar-refractivity contribution in [3.63, 3.8) is 0 Å². The van der Waals surface area contributed by atoms with Crippen LogP contribution in [-0.4, -0.2) is 21.3 Å². The largest absolute Gasteiger partial charge is 0.496 e. The highest BCUT2D eigenvalue weighted by molar-refractivity contribution is 5.51. The molecule has 0 radical (unpaired) electrons. The van der Waals surface area contributed by atoms with E-state index in [1.54, 1.807) is 14.2 Å². The molecule has 0 unspecified atom stereocenters. The molecule has 0 aliphatic heterocycles. The summed E-state index contributed by atoms with van der Waals surface area (Å²) in [7, 11) is 5.31. The lowest BCUT2D eigenvalue weighted by Gasteiger charge is -2.28. The zero-order chi connectivity index (χ0) is 12.3. The number of methoxy groups -OCH3 is 2. The Hall–Kier alpha value is -1.22. The predicted octanol–water partition coefficient (Wildman–Crippen LogP) is 2.47. The smallest absolute Gasteiger partial charge is 0.130 e. The lowest BCUT2D eigenvalue weighted by molar-refractivity contribution is 0.362. The Morgan fingerprint density at radius 3 is 2.19 bits per heavy atom. The fraction of sp³-hybridized carbons (Fsp3) is 0.538. The van der Waals surface area contributed by atoms with Gasteiger partial charge in [0.25, 0.3) is 0 Å². The summed E-state index contributed by atoms with van der Waals surface area (Å²) in [4.78, 5) is 0. The van der Waals surface area contributed by atoms with E-state index in [1.165, 1.54) is 0 Å². The maximum absolute atomic E-state index is 5.49. The highest BCUT2D eigenvalue weighted by atomic mass is 16.5. The molecule has 0 aliphatic carbocycles. The zero-order valence-electron chi connectivity index (χ0n) is 11.0. The van der Waals surface area contributed by atoms with Gasteiger partial charge in [0.2, 0.25) is 0 Å². The highest BCUT2D eigenvalue weighted by Crippen LogP contribution is 2.36. The number of benzene rings is 1. The summed E-state index contributed by atoms with van der Waals surface area (Å²) in [6, 6.07) is 4.02. The lowest BCUT2D eigenvalue weighted by atomic mass is 9.91. The Bertz CT molecular complexity index is 372. The molecule has 0 amide bonds. The van der Waals surface area contributed by atoms with Crippen molar-refractivity contribution in [1.82, 2.24) is 5.32 Å². The van der Waals surface area contributed by atoms with Gasteiger partial charge in [0.05, 0.1) is 14.2 Å². The summed E-state index contributed by atoms with van der Waals surface area (Å²) in [5, 5.41) is 3.28. The summed E-state index contributed by atoms with van der Waals surface area (Å²) < 4.78 is 10.8. The van der Waals surface area contributed by atoms with Crippen LogP contribution in [0, 0.1) is 6.92 Å². The molecule has 16 heavy (non-hydrogen) atoms. The fourth-order valence-corrected chi connectivity index (χ4v) is 1.78. The second-order valence-corrected chi connectivity index (χ2v) is 4.35. The Balaban J connectivity index is 3.37. The maximum Gasteiger partial charge on any atom is 0.130 e. The van der Waals surface area contributed by atoms with Gasteiger partial charge in [-0.1, -0.05) is 0 Å². The number of ether oxygens (including phenoxy) is 2. The molecule has 1 aromatic carbocycles. The first-order chi connectivity index (χ1) is 7.47. The molecule has 1 N–H and O–H groups in total. The predicted molar refractivity (Wildman–Crippen MR) is 66.4 cm³/mol. The molecule has 0 aromatic heterocycles. The van der Waals surface area contributed by atoms with Crippen LogP contribution in [0.15, 0.2) is 12.1 Å². The molecule has 0 aliphatic rings. The normalized spacial score (nSPS) is 11.4. The lowest BCUT2D eigenvalue weighted by Crippen LogP contribution is -2.33. The molecule has 0 saturated carbocycles. The van der Waals surface area contributed by atoms with Crippen LogP contribution in [0.4, 0.5) is 0 Å². The highest BCUT2D eigenvalue weighted by Gasteiger charge is 2.24. The third kappa shape index (κ3) is 2.14. The standard InChI is InChI=1S/C13H21NO2/c1-9-11(15-5)8-7-10(12(9)16-6)13(2,3)14-4/h7-8,14H,1-6H3. The molecule has 0 atom stereocenters. The van der Waals surface area contributed by atoms with Gasteiger partial charge in [0.15, 0.2) is 0 Å². The van der Waals surface area contributed by atoms with Gasteiger partial charge in [-0.25, -0.2) is 0 Å². The number of rotatable bonds is 4. The van der Waals surface area contributed by atoms with Crippen molar-refractivity contribution in [2.24, 2.45) is 0 Å². The van der Waals surface area contributed by atoms with Crippen LogP contribution in [0.1, 0.15) is 25.0 Å². The average molecular weight is 223 g/mol. The third-order valence-electron chi connectivity index (χ3n) is 3.08. The van der Waals surface area contributed by atoms with Crippen molar-refractivity contribution < 1.29 is 9.47 Å². The van der Waals surface area contributed by atoms with E-state index in [9.17, 15) is 0 Å². The van der Waals surface area contributed by atoms with Gasteiger partial charge in [-0.3, -0.25) is 0 Å². The van der Waals surface area contributed by atoms with Gasteiger partial charge in [-0.2, -0.15) is 0 Å². The molecule has 90 valence electrons. The first-order valence-electron chi connectivity index (χ1n) is 5.39. The van der Waals surface area contributed by atoms with E-state index in [4.69, 9.17) is 9.47 Å². The van der Waals surface area contributed by atoms with Gasteiger partial charge < -0.3 is 14.8 Å². The molecular weight excluding hydrogens is 202 g/mol. The number of nitrogens with one attached hydrogen (secondary N) is 1. The van der Waals surface area contributed by atoms with Crippen molar-refractivity contribution >= 4 is 0 Å². The molecule has 1 rings (SSSR count). The van der Waals surface area contributed by atoms with Gasteiger partial charge in [0.1, 0.15) is 11.5 Å². The second kappa shape index (κ2) is 4.74. The molecular formula is C13H21NO2. The van der Waals surface area contributed by atoms with Gasteiger partial charge in [-0.15, -0.1) is 0 Å². The number of hydrogen-bond donors (Lipinski definition) is 1. The van der Waals surface area contributed by atoms with Crippen molar-refractivity contribution in [3.8, 4) is 11.5 Å². The molecule has 0 fully saturated rings. The minimum absolute atomic E-state index is 0.123. The van der Waals surface area contributed by atoms with Crippen LogP contribution in [0.3, 0.4) is 0 Å². The zero-order valence-corrected chi connectivity index (χ0v) is 11.0. The number of hydrogen-bond acceptors (Lipinski definition) is 3. The monoisotopic (exact) mass is 223 g/mol. The fourth-order valence-electron chi connectivity index (χ4n) is 1.78. The first-order valence-corrected chi connectivity index (χ1v) is 5.39. The van der Waals surface area contributed by atoms with Crippen molar-refractivity contribution in [2.45, 2.75) is 26.3 Å². The van der Waals surface area contributed by atoms with E-state index in [0.717, 1.165) is 22.6 Å². The molecule has 0 bridgehead atoms. The van der Waals surface area contributed by atoms with E-state index >= 15 is 0 Å². The summed E-state index contributed by atoms with van der Waals surface area (Å²) in [5.41, 5.74) is 2.05. The minimum atomic E-state index is -0.123. The third-order valence-corrected chi connectivity index (χ3v) is 3.08. The average Bonchev–Trinajstić information content (AvgIpc) is 2.28. The van der Waals surface area contributed by atoms with E-state index < -0.39 is 0 Å². The Labute approximate surface area is 97.8 Å². The van der Waals surface area contributed by atoms with Gasteiger partial charge in [-0.05, 0) is 40.0 Å². The van der Waals surface area contributed by atoms with Crippen LogP contribution >= 0.6 is 0 Å². The molecule has 3 nitrogen and oxygen atoms in total. The topological polar surface area (TPSA) is 30.5 Å². The van der Waals surface area contributed by atoms with Crippen molar-refractivity contribution in [1.29, 1.82) is 0 Å². The molecule has 0 heterocycles. The van der Waals surface area contributed by atoms with Crippen LogP contribution in [0.5, 0.6) is 11.5 Å². The van der Waals surface area contributed by atoms with E-state index in [2.05, 4.69) is 19.2 Å². The van der Waals surface area contributed by atoms with Gasteiger partial charge >= 0.3 is 0 Å². The summed E-state index contributed by atoms with van der Waals surface area (Å²) in [6.45, 7) is 6.25. The van der Waals surface area contributed by atoms with Crippen LogP contribution in [0.2, 0.25) is 0 Å². The Kier molecular flexibility index (Phi) is 3.81. The van der Waals surface area contributed by atoms with E-state index in [0.29, 0.717) is 0 Å². The van der Waals surface area contributed by atoms with E-state index in [1.807, 2.05) is 26.1 Å². The van der Waals surface area contributed by atoms with Crippen molar-refractivity contribution in [3.05, 3.63) is 23.3 Å². The summed E-state index contributed by atoms with van der Waals surface area (Å²) in [5.74, 6) is 1.74. The first kappa shape index (κ1) is 12.8. The van der Waals surface area contributed by atoms with Crippen LogP contribution < -0.4 is 14.8 Å². The minimum Gasteiger partial charge on any atom is -0.496 e. The SMILES string of the molecule is CNC(C)(C)c1ccc(OC)c(C)c1OC. The van der Waals surface area contributed by atoms with E-state index in [-0.39, 0.29) is 5.54 Å².